The van der Waals surface area contributed by atoms with Crippen molar-refractivity contribution in [1.29, 1.82) is 0 Å². The normalized spacial score (nSPS) is 10.7. The summed E-state index contributed by atoms with van der Waals surface area (Å²) < 4.78 is 0. The zero-order chi connectivity index (χ0) is 17.9. The Labute approximate surface area is 151 Å². The number of anilines is 2. The van der Waals surface area contributed by atoms with E-state index in [4.69, 9.17) is 0 Å². The number of hydrogen-bond acceptors (Lipinski definition) is 5. The van der Waals surface area contributed by atoms with E-state index in [1.165, 1.54) is 0 Å². The molecular weight excluding hydrogens is 324 g/mol. The van der Waals surface area contributed by atoms with Crippen molar-refractivity contribution in [2.45, 2.75) is 0 Å². The Kier molecular flexibility index (Phi) is 4.07. The molecule has 0 saturated heterocycles. The van der Waals surface area contributed by atoms with Crippen molar-refractivity contribution in [3.05, 3.63) is 73.2 Å². The molecule has 26 heavy (non-hydrogen) atoms. The molecule has 0 amide bonds. The number of H-pyrrole nitrogens is 1. The topological polar surface area (TPSA) is 78.5 Å². The molecule has 4 rings (SSSR count). The fourth-order valence-corrected chi connectivity index (χ4v) is 2.73. The lowest BCUT2D eigenvalue weighted by Gasteiger charge is -2.09. The first-order valence-electron chi connectivity index (χ1n) is 8.23. The molecule has 128 valence electrons. The maximum Gasteiger partial charge on any atom is 0.227 e. The highest BCUT2D eigenvalue weighted by atomic mass is 15.1. The quantitative estimate of drug-likeness (QED) is 0.512. The highest BCUT2D eigenvalue weighted by Gasteiger charge is 2.05. The number of nitrogens with zero attached hydrogens (tertiary/aromatic N) is 3. The first-order valence-corrected chi connectivity index (χ1v) is 8.23. The smallest absolute Gasteiger partial charge is 0.227 e. The van der Waals surface area contributed by atoms with Gasteiger partial charge >= 0.3 is 0 Å². The predicted octanol–water partition coefficient (Wildman–Crippen LogP) is 3.95. The SMILES string of the molecule is C=C(NC)c1cccc(Nc2ncc3ccc(-c4cn[nH]c4)cc3n2)c1. The van der Waals surface area contributed by atoms with Gasteiger partial charge in [0.2, 0.25) is 5.95 Å². The van der Waals surface area contributed by atoms with Crippen molar-refractivity contribution in [3.63, 3.8) is 0 Å². The highest BCUT2D eigenvalue weighted by Crippen LogP contribution is 2.24. The van der Waals surface area contributed by atoms with E-state index in [-0.39, 0.29) is 0 Å². The molecule has 2 aromatic heterocycles. The van der Waals surface area contributed by atoms with Gasteiger partial charge in [0.25, 0.3) is 0 Å². The molecular formula is C20H18N6. The maximum absolute atomic E-state index is 4.64. The van der Waals surface area contributed by atoms with E-state index in [1.807, 2.05) is 61.9 Å². The van der Waals surface area contributed by atoms with E-state index in [1.54, 1.807) is 6.20 Å². The first kappa shape index (κ1) is 15.8. The van der Waals surface area contributed by atoms with E-state index >= 15 is 0 Å². The molecule has 6 nitrogen and oxygen atoms in total. The van der Waals surface area contributed by atoms with Gasteiger partial charge in [0.15, 0.2) is 0 Å². The molecule has 0 spiro atoms. The summed E-state index contributed by atoms with van der Waals surface area (Å²) in [4.78, 5) is 9.06. The summed E-state index contributed by atoms with van der Waals surface area (Å²) in [6.07, 6.45) is 5.48. The summed E-state index contributed by atoms with van der Waals surface area (Å²) in [6, 6.07) is 14.0. The van der Waals surface area contributed by atoms with Gasteiger partial charge in [-0.25, -0.2) is 9.97 Å². The molecule has 0 saturated carbocycles. The van der Waals surface area contributed by atoms with Gasteiger partial charge < -0.3 is 10.6 Å². The fourth-order valence-electron chi connectivity index (χ4n) is 2.73. The number of hydrogen-bond donors (Lipinski definition) is 3. The third-order valence-electron chi connectivity index (χ3n) is 4.18. The molecule has 0 unspecified atom stereocenters. The van der Waals surface area contributed by atoms with Gasteiger partial charge in [0.05, 0.1) is 11.7 Å². The predicted molar refractivity (Wildman–Crippen MR) is 105 cm³/mol. The summed E-state index contributed by atoms with van der Waals surface area (Å²) in [6.45, 7) is 3.99. The molecule has 0 aliphatic heterocycles. The van der Waals surface area contributed by atoms with Crippen LogP contribution in [0, 0.1) is 0 Å². The van der Waals surface area contributed by atoms with Crippen LogP contribution in [0.4, 0.5) is 11.6 Å². The molecule has 3 N–H and O–H groups in total. The summed E-state index contributed by atoms with van der Waals surface area (Å²) in [5, 5.41) is 14.1. The standard InChI is InChI=1S/C20H18N6/c1-13(21-2)14-4-3-5-18(8-14)25-20-22-10-16-7-6-15(9-19(16)26-20)17-11-23-24-12-17/h3-12,21H,1H2,2H3,(H,23,24)(H,22,25,26). The van der Waals surface area contributed by atoms with Crippen LogP contribution >= 0.6 is 0 Å². The Hall–Kier alpha value is -3.67. The van der Waals surface area contributed by atoms with E-state index < -0.39 is 0 Å². The Balaban J connectivity index is 1.66. The summed E-state index contributed by atoms with van der Waals surface area (Å²) in [7, 11) is 1.85. The fraction of sp³-hybridized carbons (Fsp3) is 0.0500. The number of fused-ring (bicyclic) bond motifs is 1. The largest absolute Gasteiger partial charge is 0.388 e. The van der Waals surface area contributed by atoms with Crippen LogP contribution in [-0.4, -0.2) is 27.2 Å². The van der Waals surface area contributed by atoms with Crippen LogP contribution in [0.3, 0.4) is 0 Å². The van der Waals surface area contributed by atoms with Crippen molar-refractivity contribution in [2.75, 3.05) is 12.4 Å². The summed E-state index contributed by atoms with van der Waals surface area (Å²) >= 11 is 0. The number of rotatable bonds is 5. The lowest BCUT2D eigenvalue weighted by Crippen LogP contribution is -2.03. The molecule has 0 bridgehead atoms. The monoisotopic (exact) mass is 342 g/mol. The molecule has 2 aromatic carbocycles. The van der Waals surface area contributed by atoms with Crippen molar-refractivity contribution < 1.29 is 0 Å². The average molecular weight is 342 g/mol. The second kappa shape index (κ2) is 6.68. The van der Waals surface area contributed by atoms with Gasteiger partial charge in [-0.2, -0.15) is 5.10 Å². The third kappa shape index (κ3) is 3.12. The van der Waals surface area contributed by atoms with Crippen LogP contribution in [0.15, 0.2) is 67.6 Å². The first-order chi connectivity index (χ1) is 12.7. The molecule has 0 fully saturated rings. The zero-order valence-electron chi connectivity index (χ0n) is 14.3. The van der Waals surface area contributed by atoms with Crippen LogP contribution < -0.4 is 10.6 Å². The van der Waals surface area contributed by atoms with Gasteiger partial charge in [0.1, 0.15) is 0 Å². The van der Waals surface area contributed by atoms with Crippen LogP contribution in [-0.2, 0) is 0 Å². The lowest BCUT2D eigenvalue weighted by atomic mass is 10.1. The van der Waals surface area contributed by atoms with Gasteiger partial charge in [-0.05, 0) is 29.3 Å². The van der Waals surface area contributed by atoms with Gasteiger partial charge in [-0.3, -0.25) is 5.10 Å². The molecule has 2 heterocycles. The van der Waals surface area contributed by atoms with Crippen molar-refractivity contribution >= 4 is 28.2 Å². The van der Waals surface area contributed by atoms with Gasteiger partial charge in [0, 0.05) is 41.8 Å². The minimum atomic E-state index is 0.550. The lowest BCUT2D eigenvalue weighted by molar-refractivity contribution is 1.09. The van der Waals surface area contributed by atoms with E-state index in [0.717, 1.165) is 39.0 Å². The Morgan fingerprint density at radius 1 is 1.08 bits per heavy atom. The van der Waals surface area contributed by atoms with Crippen molar-refractivity contribution in [2.24, 2.45) is 0 Å². The van der Waals surface area contributed by atoms with Crippen molar-refractivity contribution in [1.82, 2.24) is 25.5 Å². The van der Waals surface area contributed by atoms with Crippen molar-refractivity contribution in [3.8, 4) is 11.1 Å². The van der Waals surface area contributed by atoms with Crippen LogP contribution in [0.1, 0.15) is 5.56 Å². The minimum absolute atomic E-state index is 0.550. The van der Waals surface area contributed by atoms with E-state index in [0.29, 0.717) is 5.95 Å². The number of aromatic amines is 1. The van der Waals surface area contributed by atoms with Gasteiger partial charge in [-0.15, -0.1) is 0 Å². The number of nitrogens with one attached hydrogen (secondary N) is 3. The third-order valence-corrected chi connectivity index (χ3v) is 4.18. The second-order valence-corrected chi connectivity index (χ2v) is 5.89. The Morgan fingerprint density at radius 3 is 2.81 bits per heavy atom. The Morgan fingerprint density at radius 2 is 2.00 bits per heavy atom. The van der Waals surface area contributed by atoms with Gasteiger partial charge in [-0.1, -0.05) is 30.8 Å². The molecule has 0 aliphatic carbocycles. The summed E-state index contributed by atoms with van der Waals surface area (Å²) in [5.74, 6) is 0.550. The van der Waals surface area contributed by atoms with E-state index in [9.17, 15) is 0 Å². The summed E-state index contributed by atoms with van der Waals surface area (Å²) in [5.41, 5.74) is 5.74. The number of aromatic nitrogens is 4. The highest BCUT2D eigenvalue weighted by molar-refractivity contribution is 5.84. The average Bonchev–Trinajstić information content (AvgIpc) is 3.22. The second-order valence-electron chi connectivity index (χ2n) is 5.89. The molecule has 0 atom stereocenters. The molecule has 0 aliphatic rings. The number of benzene rings is 2. The molecule has 0 radical (unpaired) electrons. The zero-order valence-corrected chi connectivity index (χ0v) is 14.3. The minimum Gasteiger partial charge on any atom is -0.388 e. The van der Waals surface area contributed by atoms with Crippen LogP contribution in [0.25, 0.3) is 27.7 Å². The Bertz CT molecular complexity index is 1070. The van der Waals surface area contributed by atoms with E-state index in [2.05, 4.69) is 37.4 Å². The molecule has 4 aromatic rings. The maximum atomic E-state index is 4.64. The van der Waals surface area contributed by atoms with Crippen LogP contribution in [0.2, 0.25) is 0 Å². The van der Waals surface area contributed by atoms with Crippen LogP contribution in [0.5, 0.6) is 0 Å². The molecule has 6 heteroatoms.